The fourth-order valence-corrected chi connectivity index (χ4v) is 4.33. The van der Waals surface area contributed by atoms with Crippen molar-refractivity contribution in [2.75, 3.05) is 18.1 Å². The van der Waals surface area contributed by atoms with E-state index in [4.69, 9.17) is 0 Å². The van der Waals surface area contributed by atoms with Crippen molar-refractivity contribution >= 4 is 15.7 Å². The molecule has 1 saturated heterocycles. The Hall–Kier alpha value is -1.43. The van der Waals surface area contributed by atoms with Gasteiger partial charge >= 0.3 is 0 Å². The SMILES string of the molecule is CCCN(C(=O)c1ccc(C)c(F)c1)C1CCS(=O)(=O)C1. The minimum Gasteiger partial charge on any atom is -0.335 e. The molecule has 1 fully saturated rings. The zero-order chi connectivity index (χ0) is 15.6. The minimum absolute atomic E-state index is 0.00703. The van der Waals surface area contributed by atoms with Crippen LogP contribution in [-0.4, -0.2) is 43.3 Å². The Labute approximate surface area is 124 Å². The second kappa shape index (κ2) is 6.13. The van der Waals surface area contributed by atoms with Crippen LogP contribution < -0.4 is 0 Å². The van der Waals surface area contributed by atoms with E-state index in [-0.39, 0.29) is 29.0 Å². The summed E-state index contributed by atoms with van der Waals surface area (Å²) in [6.07, 6.45) is 1.19. The van der Waals surface area contributed by atoms with Gasteiger partial charge in [0.05, 0.1) is 11.5 Å². The van der Waals surface area contributed by atoms with Gasteiger partial charge in [-0.1, -0.05) is 13.0 Å². The molecule has 1 aromatic carbocycles. The molecule has 0 saturated carbocycles. The molecule has 1 aliphatic heterocycles. The van der Waals surface area contributed by atoms with Gasteiger partial charge in [0.15, 0.2) is 9.84 Å². The molecule has 1 atom stereocenters. The number of nitrogens with zero attached hydrogens (tertiary/aromatic N) is 1. The van der Waals surface area contributed by atoms with Crippen molar-refractivity contribution in [1.29, 1.82) is 0 Å². The maximum atomic E-state index is 13.6. The van der Waals surface area contributed by atoms with Gasteiger partial charge < -0.3 is 4.90 Å². The smallest absolute Gasteiger partial charge is 0.254 e. The number of hydrogen-bond donors (Lipinski definition) is 0. The Morgan fingerprint density at radius 3 is 2.67 bits per heavy atom. The first-order chi connectivity index (χ1) is 9.84. The van der Waals surface area contributed by atoms with Crippen LogP contribution >= 0.6 is 0 Å². The van der Waals surface area contributed by atoms with Crippen LogP contribution in [-0.2, 0) is 9.84 Å². The van der Waals surface area contributed by atoms with E-state index in [1.165, 1.54) is 6.07 Å². The van der Waals surface area contributed by atoms with Crippen LogP contribution in [0.4, 0.5) is 4.39 Å². The molecule has 0 radical (unpaired) electrons. The first-order valence-electron chi connectivity index (χ1n) is 7.11. The predicted molar refractivity (Wildman–Crippen MR) is 79.5 cm³/mol. The molecule has 21 heavy (non-hydrogen) atoms. The monoisotopic (exact) mass is 313 g/mol. The molecule has 0 N–H and O–H groups in total. The number of hydrogen-bond acceptors (Lipinski definition) is 3. The fraction of sp³-hybridized carbons (Fsp3) is 0.533. The predicted octanol–water partition coefficient (Wildman–Crippen LogP) is 2.17. The average molecular weight is 313 g/mol. The third-order valence-electron chi connectivity index (χ3n) is 3.79. The van der Waals surface area contributed by atoms with Crippen molar-refractivity contribution in [1.82, 2.24) is 4.90 Å². The Bertz CT molecular complexity index is 642. The number of benzene rings is 1. The molecular weight excluding hydrogens is 293 g/mol. The van der Waals surface area contributed by atoms with Gasteiger partial charge in [0, 0.05) is 18.2 Å². The number of carbonyl (C=O) groups excluding carboxylic acids is 1. The van der Waals surface area contributed by atoms with Gasteiger partial charge in [0.2, 0.25) is 0 Å². The van der Waals surface area contributed by atoms with Gasteiger partial charge in [-0.05, 0) is 37.5 Å². The molecule has 4 nitrogen and oxygen atoms in total. The van der Waals surface area contributed by atoms with E-state index in [9.17, 15) is 17.6 Å². The van der Waals surface area contributed by atoms with Gasteiger partial charge in [-0.2, -0.15) is 0 Å². The number of carbonyl (C=O) groups is 1. The van der Waals surface area contributed by atoms with Crippen LogP contribution in [0.15, 0.2) is 18.2 Å². The average Bonchev–Trinajstić information content (AvgIpc) is 2.78. The zero-order valence-electron chi connectivity index (χ0n) is 12.3. The van der Waals surface area contributed by atoms with Crippen LogP contribution in [0, 0.1) is 12.7 Å². The summed E-state index contributed by atoms with van der Waals surface area (Å²) in [4.78, 5) is 14.1. The summed E-state index contributed by atoms with van der Waals surface area (Å²) in [5.41, 5.74) is 0.757. The molecule has 0 bridgehead atoms. The topological polar surface area (TPSA) is 54.5 Å². The zero-order valence-corrected chi connectivity index (χ0v) is 13.1. The van der Waals surface area contributed by atoms with Crippen molar-refractivity contribution in [3.05, 3.63) is 35.1 Å². The highest BCUT2D eigenvalue weighted by Gasteiger charge is 2.34. The Kier molecular flexibility index (Phi) is 4.66. The largest absolute Gasteiger partial charge is 0.335 e. The molecule has 0 aliphatic carbocycles. The van der Waals surface area contributed by atoms with E-state index in [0.29, 0.717) is 18.5 Å². The molecule has 1 aromatic rings. The second-order valence-electron chi connectivity index (χ2n) is 5.52. The molecule has 116 valence electrons. The fourth-order valence-electron chi connectivity index (χ4n) is 2.60. The van der Waals surface area contributed by atoms with Crippen LogP contribution in [0.1, 0.15) is 35.7 Å². The van der Waals surface area contributed by atoms with E-state index < -0.39 is 15.7 Å². The minimum atomic E-state index is -3.06. The summed E-state index contributed by atoms with van der Waals surface area (Å²) in [5, 5.41) is 0. The van der Waals surface area contributed by atoms with Gasteiger partial charge in [-0.3, -0.25) is 4.79 Å². The van der Waals surface area contributed by atoms with Crippen molar-refractivity contribution in [3.63, 3.8) is 0 Å². The standard InChI is InChI=1S/C15H20FNO3S/c1-3-7-17(13-6-8-21(19,20)10-13)15(18)12-5-4-11(2)14(16)9-12/h4-5,9,13H,3,6-8,10H2,1-2H3. The maximum absolute atomic E-state index is 13.6. The summed E-state index contributed by atoms with van der Waals surface area (Å²) >= 11 is 0. The molecule has 0 aromatic heterocycles. The van der Waals surface area contributed by atoms with Crippen LogP contribution in [0.5, 0.6) is 0 Å². The lowest BCUT2D eigenvalue weighted by Crippen LogP contribution is -2.41. The van der Waals surface area contributed by atoms with Crippen molar-refractivity contribution in [2.24, 2.45) is 0 Å². The van der Waals surface area contributed by atoms with Crippen molar-refractivity contribution in [2.45, 2.75) is 32.7 Å². The van der Waals surface area contributed by atoms with Gasteiger partial charge in [-0.15, -0.1) is 0 Å². The molecule has 2 rings (SSSR count). The highest BCUT2D eigenvalue weighted by Crippen LogP contribution is 2.21. The Morgan fingerprint density at radius 2 is 2.14 bits per heavy atom. The molecule has 1 amide bonds. The Morgan fingerprint density at radius 1 is 1.43 bits per heavy atom. The highest BCUT2D eigenvalue weighted by molar-refractivity contribution is 7.91. The van der Waals surface area contributed by atoms with E-state index in [1.807, 2.05) is 6.92 Å². The summed E-state index contributed by atoms with van der Waals surface area (Å²) in [5.74, 6) is -0.588. The van der Waals surface area contributed by atoms with E-state index in [0.717, 1.165) is 6.42 Å². The molecule has 0 spiro atoms. The number of aryl methyl sites for hydroxylation is 1. The first kappa shape index (κ1) is 15.9. The van der Waals surface area contributed by atoms with Crippen molar-refractivity contribution < 1.29 is 17.6 Å². The normalized spacial score (nSPS) is 20.4. The van der Waals surface area contributed by atoms with Crippen LogP contribution in [0.2, 0.25) is 0 Å². The molecule has 1 unspecified atom stereocenters. The third kappa shape index (κ3) is 3.61. The first-order valence-corrected chi connectivity index (χ1v) is 8.93. The van der Waals surface area contributed by atoms with E-state index in [1.54, 1.807) is 24.0 Å². The summed E-state index contributed by atoms with van der Waals surface area (Å²) in [6.45, 7) is 4.05. The highest BCUT2D eigenvalue weighted by atomic mass is 32.2. The van der Waals surface area contributed by atoms with Crippen LogP contribution in [0.25, 0.3) is 0 Å². The van der Waals surface area contributed by atoms with E-state index in [2.05, 4.69) is 0 Å². The van der Waals surface area contributed by atoms with E-state index >= 15 is 0 Å². The number of amides is 1. The summed E-state index contributed by atoms with van der Waals surface area (Å²) in [6, 6.07) is 4.08. The molecule has 6 heteroatoms. The quantitative estimate of drug-likeness (QED) is 0.856. The number of halogens is 1. The number of rotatable bonds is 4. The maximum Gasteiger partial charge on any atom is 0.254 e. The Balaban J connectivity index is 2.25. The molecule has 1 aliphatic rings. The third-order valence-corrected chi connectivity index (χ3v) is 5.54. The lowest BCUT2D eigenvalue weighted by atomic mass is 10.1. The summed E-state index contributed by atoms with van der Waals surface area (Å²) in [7, 11) is -3.06. The molecular formula is C15H20FNO3S. The number of sulfone groups is 1. The molecule has 1 heterocycles. The lowest BCUT2D eigenvalue weighted by Gasteiger charge is -2.28. The van der Waals surface area contributed by atoms with Gasteiger partial charge in [-0.25, -0.2) is 12.8 Å². The van der Waals surface area contributed by atoms with Gasteiger partial charge in [0.1, 0.15) is 5.82 Å². The summed E-state index contributed by atoms with van der Waals surface area (Å²) < 4.78 is 36.8. The van der Waals surface area contributed by atoms with Crippen LogP contribution in [0.3, 0.4) is 0 Å². The lowest BCUT2D eigenvalue weighted by molar-refractivity contribution is 0.0696. The van der Waals surface area contributed by atoms with Gasteiger partial charge in [0.25, 0.3) is 5.91 Å². The second-order valence-corrected chi connectivity index (χ2v) is 7.75. The van der Waals surface area contributed by atoms with Crippen molar-refractivity contribution in [3.8, 4) is 0 Å².